The average Bonchev–Trinajstić information content (AvgIpc) is 2.51. The SMILES string of the molecule is COCCOc1ccc(C(=O)Oc2ccc(C)cc2)cc1Br. The molecule has 5 heteroatoms. The van der Waals surface area contributed by atoms with E-state index in [9.17, 15) is 4.79 Å². The largest absolute Gasteiger partial charge is 0.490 e. The molecule has 22 heavy (non-hydrogen) atoms. The summed E-state index contributed by atoms with van der Waals surface area (Å²) in [7, 11) is 1.61. The van der Waals surface area contributed by atoms with Gasteiger partial charge in [-0.2, -0.15) is 0 Å². The van der Waals surface area contributed by atoms with Gasteiger partial charge in [0.1, 0.15) is 18.1 Å². The maximum absolute atomic E-state index is 12.1. The number of methoxy groups -OCH3 is 1. The van der Waals surface area contributed by atoms with Crippen LogP contribution in [0.5, 0.6) is 11.5 Å². The van der Waals surface area contributed by atoms with Crippen LogP contribution < -0.4 is 9.47 Å². The Morgan fingerprint density at radius 1 is 1.09 bits per heavy atom. The molecule has 0 heterocycles. The minimum absolute atomic E-state index is 0.409. The van der Waals surface area contributed by atoms with E-state index < -0.39 is 5.97 Å². The fraction of sp³-hybridized carbons (Fsp3) is 0.235. The molecule has 4 nitrogen and oxygen atoms in total. The Morgan fingerprint density at radius 3 is 2.45 bits per heavy atom. The predicted octanol–water partition coefficient (Wildman–Crippen LogP) is 4.00. The molecule has 0 aliphatic heterocycles. The van der Waals surface area contributed by atoms with Crippen LogP contribution in [0.2, 0.25) is 0 Å². The van der Waals surface area contributed by atoms with E-state index in [2.05, 4.69) is 15.9 Å². The van der Waals surface area contributed by atoms with E-state index in [1.165, 1.54) is 0 Å². The van der Waals surface area contributed by atoms with Gasteiger partial charge in [0.15, 0.2) is 0 Å². The van der Waals surface area contributed by atoms with E-state index in [0.717, 1.165) is 5.56 Å². The average molecular weight is 365 g/mol. The van der Waals surface area contributed by atoms with Gasteiger partial charge >= 0.3 is 5.97 Å². The predicted molar refractivity (Wildman–Crippen MR) is 87.7 cm³/mol. The zero-order valence-corrected chi connectivity index (χ0v) is 14.1. The van der Waals surface area contributed by atoms with Crippen LogP contribution >= 0.6 is 15.9 Å². The lowest BCUT2D eigenvalue weighted by molar-refractivity contribution is 0.0734. The quantitative estimate of drug-likeness (QED) is 0.441. The summed E-state index contributed by atoms with van der Waals surface area (Å²) in [6.07, 6.45) is 0. The van der Waals surface area contributed by atoms with Gasteiger partial charge in [0, 0.05) is 7.11 Å². The Balaban J connectivity index is 2.03. The highest BCUT2D eigenvalue weighted by molar-refractivity contribution is 9.10. The Bertz CT molecular complexity index is 638. The lowest BCUT2D eigenvalue weighted by Crippen LogP contribution is -2.09. The minimum Gasteiger partial charge on any atom is -0.490 e. The second kappa shape index (κ2) is 7.96. The van der Waals surface area contributed by atoms with Crippen molar-refractivity contribution in [3.8, 4) is 11.5 Å². The third-order valence-corrected chi connectivity index (χ3v) is 3.56. The fourth-order valence-electron chi connectivity index (χ4n) is 1.75. The van der Waals surface area contributed by atoms with Crippen molar-refractivity contribution in [3.63, 3.8) is 0 Å². The van der Waals surface area contributed by atoms with Crippen LogP contribution in [0, 0.1) is 6.92 Å². The first-order valence-electron chi connectivity index (χ1n) is 6.80. The third-order valence-electron chi connectivity index (χ3n) is 2.94. The number of rotatable bonds is 6. The number of hydrogen-bond donors (Lipinski definition) is 0. The molecule has 0 aliphatic carbocycles. The molecule has 116 valence electrons. The summed E-state index contributed by atoms with van der Waals surface area (Å²) < 4.78 is 16.5. The Hall–Kier alpha value is -1.85. The molecular weight excluding hydrogens is 348 g/mol. The molecule has 0 unspecified atom stereocenters. The zero-order valence-electron chi connectivity index (χ0n) is 12.5. The maximum Gasteiger partial charge on any atom is 0.343 e. The fourth-order valence-corrected chi connectivity index (χ4v) is 2.25. The van der Waals surface area contributed by atoms with Gasteiger partial charge < -0.3 is 14.2 Å². The minimum atomic E-state index is -0.409. The van der Waals surface area contributed by atoms with E-state index in [1.54, 1.807) is 37.4 Å². The van der Waals surface area contributed by atoms with Crippen molar-refractivity contribution in [1.29, 1.82) is 0 Å². The summed E-state index contributed by atoms with van der Waals surface area (Å²) in [5.41, 5.74) is 1.56. The summed E-state index contributed by atoms with van der Waals surface area (Å²) in [5.74, 6) is 0.768. The first-order valence-corrected chi connectivity index (χ1v) is 7.59. The van der Waals surface area contributed by atoms with E-state index in [1.807, 2.05) is 19.1 Å². The van der Waals surface area contributed by atoms with Crippen molar-refractivity contribution >= 4 is 21.9 Å². The van der Waals surface area contributed by atoms with Crippen LogP contribution in [0.15, 0.2) is 46.9 Å². The summed E-state index contributed by atoms with van der Waals surface area (Å²) in [6.45, 7) is 2.93. The number of carbonyl (C=O) groups is 1. The highest BCUT2D eigenvalue weighted by atomic mass is 79.9. The molecular formula is C17H17BrO4. The summed E-state index contributed by atoms with van der Waals surface area (Å²) in [5, 5.41) is 0. The van der Waals surface area contributed by atoms with Gasteiger partial charge in [-0.3, -0.25) is 0 Å². The first kappa shape index (κ1) is 16.5. The molecule has 2 aromatic carbocycles. The van der Waals surface area contributed by atoms with Gasteiger partial charge in [-0.1, -0.05) is 17.7 Å². The number of carbonyl (C=O) groups excluding carboxylic acids is 1. The van der Waals surface area contributed by atoms with E-state index in [-0.39, 0.29) is 0 Å². The molecule has 0 bridgehead atoms. The Labute approximate surface area is 138 Å². The van der Waals surface area contributed by atoms with Gasteiger partial charge in [0.05, 0.1) is 16.6 Å². The monoisotopic (exact) mass is 364 g/mol. The second-order valence-electron chi connectivity index (χ2n) is 4.69. The standard InChI is InChI=1S/C17H17BrO4/c1-12-3-6-14(7-4-12)22-17(19)13-5-8-16(15(18)11-13)21-10-9-20-2/h3-8,11H,9-10H2,1-2H3. The molecule has 0 N–H and O–H groups in total. The molecule has 0 saturated carbocycles. The second-order valence-corrected chi connectivity index (χ2v) is 5.54. The number of aryl methyl sites for hydroxylation is 1. The van der Waals surface area contributed by atoms with Gasteiger partial charge in [-0.15, -0.1) is 0 Å². The first-order chi connectivity index (χ1) is 10.6. The normalized spacial score (nSPS) is 10.3. The van der Waals surface area contributed by atoms with Crippen molar-refractivity contribution in [1.82, 2.24) is 0 Å². The topological polar surface area (TPSA) is 44.8 Å². The van der Waals surface area contributed by atoms with Gasteiger partial charge in [0.25, 0.3) is 0 Å². The number of halogens is 1. The van der Waals surface area contributed by atoms with Crippen molar-refractivity contribution < 1.29 is 19.0 Å². The lowest BCUT2D eigenvalue weighted by atomic mass is 10.2. The van der Waals surface area contributed by atoms with Crippen molar-refractivity contribution in [2.24, 2.45) is 0 Å². The highest BCUT2D eigenvalue weighted by Gasteiger charge is 2.11. The van der Waals surface area contributed by atoms with E-state index in [0.29, 0.717) is 34.7 Å². The summed E-state index contributed by atoms with van der Waals surface area (Å²) in [4.78, 5) is 12.1. The summed E-state index contributed by atoms with van der Waals surface area (Å²) in [6, 6.07) is 12.4. The number of esters is 1. The molecule has 0 aliphatic rings. The summed E-state index contributed by atoms with van der Waals surface area (Å²) >= 11 is 3.39. The Kier molecular flexibility index (Phi) is 5.98. The molecule has 0 radical (unpaired) electrons. The van der Waals surface area contributed by atoms with Crippen LogP contribution in [-0.4, -0.2) is 26.3 Å². The number of benzene rings is 2. The van der Waals surface area contributed by atoms with E-state index >= 15 is 0 Å². The molecule has 0 aromatic heterocycles. The molecule has 0 amide bonds. The number of ether oxygens (including phenoxy) is 3. The van der Waals surface area contributed by atoms with E-state index in [4.69, 9.17) is 14.2 Å². The molecule has 0 saturated heterocycles. The van der Waals surface area contributed by atoms with Crippen LogP contribution in [0.3, 0.4) is 0 Å². The molecule has 2 aromatic rings. The van der Waals surface area contributed by atoms with Crippen molar-refractivity contribution in [3.05, 3.63) is 58.1 Å². The third kappa shape index (κ3) is 4.58. The Morgan fingerprint density at radius 2 is 1.82 bits per heavy atom. The van der Waals surface area contributed by atoms with Crippen LogP contribution in [0.1, 0.15) is 15.9 Å². The van der Waals surface area contributed by atoms with Gasteiger partial charge in [-0.05, 0) is 53.2 Å². The van der Waals surface area contributed by atoms with Crippen LogP contribution in [0.4, 0.5) is 0 Å². The molecule has 0 fully saturated rings. The zero-order chi connectivity index (χ0) is 15.9. The van der Waals surface area contributed by atoms with Gasteiger partial charge in [0.2, 0.25) is 0 Å². The smallest absolute Gasteiger partial charge is 0.343 e. The number of hydrogen-bond acceptors (Lipinski definition) is 4. The van der Waals surface area contributed by atoms with Gasteiger partial charge in [-0.25, -0.2) is 4.79 Å². The van der Waals surface area contributed by atoms with Crippen molar-refractivity contribution in [2.75, 3.05) is 20.3 Å². The highest BCUT2D eigenvalue weighted by Crippen LogP contribution is 2.26. The van der Waals surface area contributed by atoms with Crippen LogP contribution in [-0.2, 0) is 4.74 Å². The molecule has 0 spiro atoms. The molecule has 2 rings (SSSR count). The van der Waals surface area contributed by atoms with Crippen molar-refractivity contribution in [2.45, 2.75) is 6.92 Å². The molecule has 0 atom stereocenters. The van der Waals surface area contributed by atoms with Crippen LogP contribution in [0.25, 0.3) is 0 Å². The lowest BCUT2D eigenvalue weighted by Gasteiger charge is -2.09. The maximum atomic E-state index is 12.1.